The highest BCUT2D eigenvalue weighted by Crippen LogP contribution is 2.35. The van der Waals surface area contributed by atoms with Crippen LogP contribution in [0, 0.1) is 6.92 Å². The normalized spacial score (nSPS) is 14.4. The van der Waals surface area contributed by atoms with Crippen molar-refractivity contribution in [1.82, 2.24) is 9.78 Å². The standard InChI is InChI=1S/C14H18N4O2S.ClH/c1-10-14(9-16-17(10)2)21(19,20)18-8-4-5-11-12(15)6-3-7-13(11)18;/h3,6-7,9H,4-5,8,15H2,1-2H3;1H. The minimum Gasteiger partial charge on any atom is -0.398 e. The molecule has 1 aliphatic rings. The van der Waals surface area contributed by atoms with Crippen LogP contribution in [0.15, 0.2) is 29.3 Å². The highest BCUT2D eigenvalue weighted by molar-refractivity contribution is 7.92. The number of benzene rings is 1. The Morgan fingerprint density at radius 2 is 2.05 bits per heavy atom. The lowest BCUT2D eigenvalue weighted by atomic mass is 10.0. The summed E-state index contributed by atoms with van der Waals surface area (Å²) in [6, 6.07) is 5.41. The molecule has 1 aromatic heterocycles. The van der Waals surface area contributed by atoms with Crippen molar-refractivity contribution >= 4 is 33.8 Å². The Morgan fingerprint density at radius 1 is 1.32 bits per heavy atom. The first-order chi connectivity index (χ1) is 9.93. The number of hydrogen-bond acceptors (Lipinski definition) is 4. The molecule has 0 unspecified atom stereocenters. The van der Waals surface area contributed by atoms with Crippen LogP contribution in [0.2, 0.25) is 0 Å². The molecule has 0 radical (unpaired) electrons. The van der Waals surface area contributed by atoms with Gasteiger partial charge in [-0.25, -0.2) is 8.42 Å². The molecule has 1 aliphatic heterocycles. The van der Waals surface area contributed by atoms with Gasteiger partial charge in [0.05, 0.1) is 17.6 Å². The van der Waals surface area contributed by atoms with Crippen LogP contribution in [-0.4, -0.2) is 24.7 Å². The lowest BCUT2D eigenvalue weighted by Gasteiger charge is -2.31. The molecule has 1 aromatic carbocycles. The van der Waals surface area contributed by atoms with Crippen molar-refractivity contribution in [2.24, 2.45) is 7.05 Å². The van der Waals surface area contributed by atoms with E-state index in [1.54, 1.807) is 24.7 Å². The van der Waals surface area contributed by atoms with Crippen molar-refractivity contribution in [1.29, 1.82) is 0 Å². The summed E-state index contributed by atoms with van der Waals surface area (Å²) in [6.07, 6.45) is 2.98. The highest BCUT2D eigenvalue weighted by atomic mass is 35.5. The van der Waals surface area contributed by atoms with E-state index in [1.807, 2.05) is 12.1 Å². The zero-order valence-corrected chi connectivity index (χ0v) is 14.1. The fourth-order valence-electron chi connectivity index (χ4n) is 2.72. The van der Waals surface area contributed by atoms with Crippen molar-refractivity contribution in [2.45, 2.75) is 24.7 Å². The maximum atomic E-state index is 12.9. The van der Waals surface area contributed by atoms with Gasteiger partial charge in [0, 0.05) is 19.3 Å². The van der Waals surface area contributed by atoms with E-state index in [4.69, 9.17) is 5.73 Å². The highest BCUT2D eigenvalue weighted by Gasteiger charge is 2.32. The first kappa shape index (κ1) is 16.6. The Bertz CT molecular complexity index is 801. The van der Waals surface area contributed by atoms with Crippen molar-refractivity contribution in [3.05, 3.63) is 35.7 Å². The first-order valence-corrected chi connectivity index (χ1v) is 8.25. The Kier molecular flexibility index (Phi) is 4.39. The van der Waals surface area contributed by atoms with Crippen LogP contribution < -0.4 is 10.0 Å². The van der Waals surface area contributed by atoms with E-state index < -0.39 is 10.0 Å². The summed E-state index contributed by atoms with van der Waals surface area (Å²) in [4.78, 5) is 0.250. The number of aromatic nitrogens is 2. The Hall–Kier alpha value is -1.73. The number of halogens is 1. The Balaban J connectivity index is 0.00000176. The number of rotatable bonds is 2. The third-order valence-corrected chi connectivity index (χ3v) is 5.92. The average Bonchev–Trinajstić information content (AvgIpc) is 2.79. The average molecular weight is 343 g/mol. The zero-order chi connectivity index (χ0) is 15.2. The second-order valence-corrected chi connectivity index (χ2v) is 7.07. The Labute approximate surface area is 136 Å². The molecule has 2 N–H and O–H groups in total. The number of anilines is 2. The summed E-state index contributed by atoms with van der Waals surface area (Å²) in [5.74, 6) is 0. The van der Waals surface area contributed by atoms with Gasteiger partial charge in [-0.15, -0.1) is 12.4 Å². The summed E-state index contributed by atoms with van der Waals surface area (Å²) in [5.41, 5.74) is 8.86. The number of nitrogens with two attached hydrogens (primary N) is 1. The van der Waals surface area contributed by atoms with Gasteiger partial charge in [0.1, 0.15) is 4.90 Å². The molecular weight excluding hydrogens is 324 g/mol. The lowest BCUT2D eigenvalue weighted by molar-refractivity contribution is 0.585. The molecule has 0 fully saturated rings. The fraction of sp³-hybridized carbons (Fsp3) is 0.357. The summed E-state index contributed by atoms with van der Waals surface area (Å²) in [5, 5.41) is 4.04. The van der Waals surface area contributed by atoms with Crippen LogP contribution >= 0.6 is 12.4 Å². The summed E-state index contributed by atoms with van der Waals surface area (Å²) in [6.45, 7) is 2.22. The van der Waals surface area contributed by atoms with Gasteiger partial charge >= 0.3 is 0 Å². The van der Waals surface area contributed by atoms with E-state index in [2.05, 4.69) is 5.10 Å². The van der Waals surface area contributed by atoms with E-state index in [0.29, 0.717) is 23.6 Å². The van der Waals surface area contributed by atoms with Crippen LogP contribution in [0.25, 0.3) is 0 Å². The van der Waals surface area contributed by atoms with Gasteiger partial charge in [-0.05, 0) is 37.5 Å². The number of nitrogens with zero attached hydrogens (tertiary/aromatic N) is 3. The van der Waals surface area contributed by atoms with Gasteiger partial charge < -0.3 is 5.73 Å². The number of nitrogen functional groups attached to an aromatic ring is 1. The van der Waals surface area contributed by atoms with E-state index in [0.717, 1.165) is 18.4 Å². The van der Waals surface area contributed by atoms with Crippen LogP contribution in [0.3, 0.4) is 0 Å². The van der Waals surface area contributed by atoms with Gasteiger partial charge in [-0.1, -0.05) is 6.07 Å². The number of sulfonamides is 1. The molecule has 8 heteroatoms. The van der Waals surface area contributed by atoms with Crippen molar-refractivity contribution < 1.29 is 8.42 Å². The molecule has 120 valence electrons. The molecule has 0 spiro atoms. The lowest BCUT2D eigenvalue weighted by Crippen LogP contribution is -2.36. The minimum atomic E-state index is -3.61. The van der Waals surface area contributed by atoms with E-state index in [9.17, 15) is 8.42 Å². The molecule has 0 aliphatic carbocycles. The molecule has 0 atom stereocenters. The fourth-order valence-corrected chi connectivity index (χ4v) is 4.44. The SMILES string of the molecule is Cc1c(S(=O)(=O)N2CCCc3c(N)cccc32)cnn1C.Cl. The predicted octanol–water partition coefficient (Wildman–Crippen LogP) is 1.87. The van der Waals surface area contributed by atoms with Crippen molar-refractivity contribution in [2.75, 3.05) is 16.6 Å². The van der Waals surface area contributed by atoms with Crippen LogP contribution in [0.5, 0.6) is 0 Å². The molecule has 0 amide bonds. The number of hydrogen-bond donors (Lipinski definition) is 1. The topological polar surface area (TPSA) is 81.2 Å². The van der Waals surface area contributed by atoms with Gasteiger partial charge in [0.25, 0.3) is 10.0 Å². The van der Waals surface area contributed by atoms with E-state index >= 15 is 0 Å². The molecule has 0 saturated carbocycles. The van der Waals surface area contributed by atoms with Crippen molar-refractivity contribution in [3.8, 4) is 0 Å². The maximum absolute atomic E-state index is 12.9. The quantitative estimate of drug-likeness (QED) is 0.845. The molecule has 3 rings (SSSR count). The van der Waals surface area contributed by atoms with Crippen molar-refractivity contribution in [3.63, 3.8) is 0 Å². The third kappa shape index (κ3) is 2.44. The summed E-state index contributed by atoms with van der Waals surface area (Å²) >= 11 is 0. The minimum absolute atomic E-state index is 0. The van der Waals surface area contributed by atoms with Gasteiger partial charge in [-0.2, -0.15) is 5.10 Å². The largest absolute Gasteiger partial charge is 0.398 e. The monoisotopic (exact) mass is 342 g/mol. The van der Waals surface area contributed by atoms with E-state index in [1.165, 1.54) is 10.5 Å². The van der Waals surface area contributed by atoms with Crippen LogP contribution in [-0.2, 0) is 23.5 Å². The molecule has 6 nitrogen and oxygen atoms in total. The van der Waals surface area contributed by atoms with Gasteiger partial charge in [-0.3, -0.25) is 8.99 Å². The molecule has 0 saturated heterocycles. The second kappa shape index (κ2) is 5.81. The van der Waals surface area contributed by atoms with Gasteiger partial charge in [0.2, 0.25) is 0 Å². The molecule has 0 bridgehead atoms. The van der Waals surface area contributed by atoms with Crippen LogP contribution in [0.1, 0.15) is 17.7 Å². The smallest absolute Gasteiger partial charge is 0.267 e. The summed E-state index contributed by atoms with van der Waals surface area (Å²) < 4.78 is 28.9. The molecule has 2 aromatic rings. The van der Waals surface area contributed by atoms with E-state index in [-0.39, 0.29) is 17.3 Å². The third-order valence-electron chi connectivity index (χ3n) is 4.00. The molecule has 22 heavy (non-hydrogen) atoms. The van der Waals surface area contributed by atoms with Crippen LogP contribution in [0.4, 0.5) is 11.4 Å². The number of fused-ring (bicyclic) bond motifs is 1. The Morgan fingerprint density at radius 3 is 2.68 bits per heavy atom. The number of aryl methyl sites for hydroxylation is 1. The summed E-state index contributed by atoms with van der Waals surface area (Å²) in [7, 11) is -1.87. The second-order valence-electron chi connectivity index (χ2n) is 5.24. The first-order valence-electron chi connectivity index (χ1n) is 6.81. The predicted molar refractivity (Wildman–Crippen MR) is 88.9 cm³/mol. The maximum Gasteiger partial charge on any atom is 0.267 e. The van der Waals surface area contributed by atoms with Gasteiger partial charge in [0.15, 0.2) is 0 Å². The molecular formula is C14H19ClN4O2S. The zero-order valence-electron chi connectivity index (χ0n) is 12.5. The molecule has 2 heterocycles.